The minimum atomic E-state index is -0.172. The average molecular weight is 198 g/mol. The van der Waals surface area contributed by atoms with Crippen LogP contribution in [-0.2, 0) is 9.59 Å². The molecule has 0 atom stereocenters. The Balaban J connectivity index is 3.25. The molecule has 0 spiro atoms. The van der Waals surface area contributed by atoms with Gasteiger partial charge < -0.3 is 4.79 Å². The molecule has 1 amide bonds. The van der Waals surface area contributed by atoms with Crippen molar-refractivity contribution in [3.8, 4) is 0 Å². The van der Waals surface area contributed by atoms with Crippen LogP contribution in [0.15, 0.2) is 10.2 Å². The third-order valence-electron chi connectivity index (χ3n) is 1.77. The molecular formula is C10H18N2O2. The maximum atomic E-state index is 10.7. The predicted molar refractivity (Wildman–Crippen MR) is 54.2 cm³/mol. The van der Waals surface area contributed by atoms with Crippen molar-refractivity contribution in [2.45, 2.75) is 46.0 Å². The Kier molecular flexibility index (Phi) is 7.89. The molecule has 0 bridgehead atoms. The molecule has 0 N–H and O–H groups in total. The number of hydrogen-bond donors (Lipinski definition) is 0. The van der Waals surface area contributed by atoms with Gasteiger partial charge >= 0.3 is 0 Å². The highest BCUT2D eigenvalue weighted by Gasteiger charge is 1.94. The average Bonchev–Trinajstić information content (AvgIpc) is 2.15. The molecular weight excluding hydrogens is 180 g/mol. The van der Waals surface area contributed by atoms with E-state index in [0.717, 1.165) is 19.3 Å². The van der Waals surface area contributed by atoms with Crippen LogP contribution in [0, 0.1) is 0 Å². The molecule has 0 aromatic carbocycles. The van der Waals surface area contributed by atoms with Crippen molar-refractivity contribution in [3.63, 3.8) is 0 Å². The lowest BCUT2D eigenvalue weighted by Gasteiger charge is -1.94. The van der Waals surface area contributed by atoms with Gasteiger partial charge in [0.05, 0.1) is 6.54 Å². The van der Waals surface area contributed by atoms with Gasteiger partial charge in [-0.15, -0.1) is 5.11 Å². The van der Waals surface area contributed by atoms with Crippen LogP contribution < -0.4 is 0 Å². The van der Waals surface area contributed by atoms with Gasteiger partial charge in [-0.3, -0.25) is 4.79 Å². The number of carbonyl (C=O) groups is 2. The summed E-state index contributed by atoms with van der Waals surface area (Å²) in [6.45, 7) is 3.94. The fourth-order valence-electron chi connectivity index (χ4n) is 0.933. The summed E-state index contributed by atoms with van der Waals surface area (Å²) in [5.41, 5.74) is 0. The lowest BCUT2D eigenvalue weighted by atomic mass is 10.1. The second-order valence-corrected chi connectivity index (χ2v) is 3.22. The summed E-state index contributed by atoms with van der Waals surface area (Å²) in [6, 6.07) is 0. The summed E-state index contributed by atoms with van der Waals surface area (Å²) >= 11 is 0. The number of rotatable bonds is 7. The number of ketones is 1. The van der Waals surface area contributed by atoms with Crippen LogP contribution in [0.2, 0.25) is 0 Å². The van der Waals surface area contributed by atoms with Gasteiger partial charge in [-0.2, -0.15) is 5.11 Å². The second kappa shape index (κ2) is 8.53. The molecule has 4 nitrogen and oxygen atoms in total. The maximum Gasteiger partial charge on any atom is 0.264 e. The first-order chi connectivity index (χ1) is 6.66. The van der Waals surface area contributed by atoms with Crippen LogP contribution in [0.5, 0.6) is 0 Å². The normalized spacial score (nSPS) is 10.7. The Hall–Kier alpha value is -1.06. The molecule has 0 saturated carbocycles. The van der Waals surface area contributed by atoms with Gasteiger partial charge in [-0.05, 0) is 19.8 Å². The third-order valence-corrected chi connectivity index (χ3v) is 1.77. The van der Waals surface area contributed by atoms with E-state index in [1.165, 1.54) is 0 Å². The molecule has 0 aromatic rings. The van der Waals surface area contributed by atoms with Crippen molar-refractivity contribution >= 4 is 11.7 Å². The summed E-state index contributed by atoms with van der Waals surface area (Å²) < 4.78 is 0. The van der Waals surface area contributed by atoms with Crippen LogP contribution >= 0.6 is 0 Å². The summed E-state index contributed by atoms with van der Waals surface area (Å²) in [5, 5.41) is 7.24. The quantitative estimate of drug-likeness (QED) is 0.466. The molecule has 0 heterocycles. The van der Waals surface area contributed by atoms with Crippen LogP contribution in [0.4, 0.5) is 0 Å². The fraction of sp³-hybridized carbons (Fsp3) is 0.800. The zero-order valence-electron chi connectivity index (χ0n) is 8.95. The topological polar surface area (TPSA) is 58.9 Å². The van der Waals surface area contributed by atoms with E-state index < -0.39 is 0 Å². The molecule has 0 saturated heterocycles. The molecule has 14 heavy (non-hydrogen) atoms. The Morgan fingerprint density at radius 1 is 1.14 bits per heavy atom. The second-order valence-electron chi connectivity index (χ2n) is 3.22. The van der Waals surface area contributed by atoms with Gasteiger partial charge in [0, 0.05) is 12.8 Å². The largest absolute Gasteiger partial charge is 0.300 e. The van der Waals surface area contributed by atoms with E-state index in [1.807, 2.05) is 0 Å². The predicted octanol–water partition coefficient (Wildman–Crippen LogP) is 2.52. The van der Waals surface area contributed by atoms with E-state index in [9.17, 15) is 9.59 Å². The van der Waals surface area contributed by atoms with Crippen LogP contribution in [0.25, 0.3) is 0 Å². The fourth-order valence-corrected chi connectivity index (χ4v) is 0.933. The van der Waals surface area contributed by atoms with Crippen molar-refractivity contribution < 1.29 is 9.59 Å². The van der Waals surface area contributed by atoms with Crippen molar-refractivity contribution in [3.05, 3.63) is 0 Å². The molecule has 0 rings (SSSR count). The van der Waals surface area contributed by atoms with E-state index in [4.69, 9.17) is 0 Å². The molecule has 0 aliphatic rings. The molecule has 4 heteroatoms. The highest BCUT2D eigenvalue weighted by Crippen LogP contribution is 2.00. The number of hydrogen-bond acceptors (Lipinski definition) is 3. The molecule has 0 unspecified atom stereocenters. The summed E-state index contributed by atoms with van der Waals surface area (Å²) in [6.07, 6.45) is 3.83. The Labute approximate surface area is 84.8 Å². The lowest BCUT2D eigenvalue weighted by molar-refractivity contribution is -0.118. The number of carbonyl (C=O) groups excluding carboxylic acids is 2. The zero-order valence-corrected chi connectivity index (χ0v) is 8.95. The van der Waals surface area contributed by atoms with Crippen LogP contribution in [0.1, 0.15) is 46.0 Å². The molecule has 0 fully saturated rings. The highest BCUT2D eigenvalue weighted by atomic mass is 16.1. The lowest BCUT2D eigenvalue weighted by Crippen LogP contribution is -1.91. The Bertz CT molecular complexity index is 212. The highest BCUT2D eigenvalue weighted by molar-refractivity contribution is 5.75. The molecule has 0 aliphatic carbocycles. The summed E-state index contributed by atoms with van der Waals surface area (Å²) in [7, 11) is 0. The van der Waals surface area contributed by atoms with Gasteiger partial charge in [0.15, 0.2) is 0 Å². The maximum absolute atomic E-state index is 10.7. The molecule has 0 aromatic heterocycles. The van der Waals surface area contributed by atoms with Gasteiger partial charge in [0.1, 0.15) is 5.78 Å². The number of Topliss-reactive ketones (excluding diaryl/α,β-unsaturated/α-hetero) is 1. The van der Waals surface area contributed by atoms with Gasteiger partial charge in [0.2, 0.25) is 0 Å². The minimum Gasteiger partial charge on any atom is -0.300 e. The first-order valence-electron chi connectivity index (χ1n) is 5.06. The van der Waals surface area contributed by atoms with Gasteiger partial charge in [0.25, 0.3) is 5.91 Å². The van der Waals surface area contributed by atoms with Crippen molar-refractivity contribution in [2.75, 3.05) is 6.54 Å². The minimum absolute atomic E-state index is 0.172. The first kappa shape index (κ1) is 12.9. The van der Waals surface area contributed by atoms with Gasteiger partial charge in [-0.25, -0.2) is 0 Å². The monoisotopic (exact) mass is 198 g/mol. The number of nitrogens with zero attached hydrogens (tertiary/aromatic N) is 2. The van der Waals surface area contributed by atoms with Crippen molar-refractivity contribution in [1.82, 2.24) is 0 Å². The number of amides is 1. The van der Waals surface area contributed by atoms with E-state index in [2.05, 4.69) is 10.2 Å². The summed E-state index contributed by atoms with van der Waals surface area (Å²) in [4.78, 5) is 21.3. The Morgan fingerprint density at radius 2 is 1.86 bits per heavy atom. The van der Waals surface area contributed by atoms with E-state index in [-0.39, 0.29) is 11.7 Å². The van der Waals surface area contributed by atoms with Crippen LogP contribution in [-0.4, -0.2) is 18.2 Å². The number of unbranched alkanes of at least 4 members (excludes halogenated alkanes) is 2. The Morgan fingerprint density at radius 3 is 2.43 bits per heavy atom. The SMILES string of the molecule is CCC(=O)N=NCCCCCC(C)=O. The van der Waals surface area contributed by atoms with E-state index in [0.29, 0.717) is 19.4 Å². The van der Waals surface area contributed by atoms with Crippen molar-refractivity contribution in [2.24, 2.45) is 10.2 Å². The molecule has 0 aliphatic heterocycles. The standard InChI is InChI=1S/C10H18N2O2/c1-3-10(14)12-11-8-6-4-5-7-9(2)13/h3-8H2,1-2H3. The zero-order chi connectivity index (χ0) is 10.8. The molecule has 80 valence electrons. The van der Waals surface area contributed by atoms with Crippen LogP contribution in [0.3, 0.4) is 0 Å². The summed E-state index contributed by atoms with van der Waals surface area (Å²) in [5.74, 6) is 0.0570. The smallest absolute Gasteiger partial charge is 0.264 e. The van der Waals surface area contributed by atoms with Gasteiger partial charge in [-0.1, -0.05) is 13.3 Å². The third kappa shape index (κ3) is 9.03. The molecule has 0 radical (unpaired) electrons. The first-order valence-corrected chi connectivity index (χ1v) is 5.06. The van der Waals surface area contributed by atoms with E-state index in [1.54, 1.807) is 13.8 Å². The van der Waals surface area contributed by atoms with Crippen molar-refractivity contribution in [1.29, 1.82) is 0 Å². The number of azo groups is 1. The van der Waals surface area contributed by atoms with E-state index >= 15 is 0 Å².